The minimum Gasteiger partial charge on any atom is -0.361 e. The molecule has 0 aliphatic heterocycles. The van der Waals surface area contributed by atoms with E-state index in [1.165, 1.54) is 11.0 Å². The Kier molecular flexibility index (Phi) is 3.69. The molecule has 0 spiro atoms. The maximum absolute atomic E-state index is 12.1. The van der Waals surface area contributed by atoms with Crippen LogP contribution in [0.2, 0.25) is 0 Å². The van der Waals surface area contributed by atoms with E-state index in [0.29, 0.717) is 0 Å². The van der Waals surface area contributed by atoms with Crippen molar-refractivity contribution >= 4 is 17.4 Å². The quantitative estimate of drug-likeness (QED) is 0.758. The van der Waals surface area contributed by atoms with E-state index in [9.17, 15) is 4.79 Å². The number of anilines is 2. The number of amides is 1. The molecule has 19 heavy (non-hydrogen) atoms. The summed E-state index contributed by atoms with van der Waals surface area (Å²) in [4.78, 5) is 19.8. The Bertz CT molecular complexity index is 552. The Labute approximate surface area is 110 Å². The van der Waals surface area contributed by atoms with Gasteiger partial charge in [-0.2, -0.15) is 0 Å². The van der Waals surface area contributed by atoms with Crippen LogP contribution >= 0.6 is 0 Å². The van der Waals surface area contributed by atoms with Gasteiger partial charge in [-0.25, -0.2) is 9.67 Å². The third kappa shape index (κ3) is 2.84. The molecular weight excluding hydrogens is 246 g/mol. The second-order valence-corrected chi connectivity index (χ2v) is 4.20. The van der Waals surface area contributed by atoms with Crippen LogP contribution in [-0.2, 0) is 11.3 Å². The molecule has 0 aliphatic carbocycles. The summed E-state index contributed by atoms with van der Waals surface area (Å²) in [5, 5.41) is 10.7. The Morgan fingerprint density at radius 2 is 2.16 bits per heavy atom. The lowest BCUT2D eigenvalue weighted by Crippen LogP contribution is -2.31. The normalized spacial score (nSPS) is 10.3. The maximum Gasteiger partial charge on any atom is 0.248 e. The Morgan fingerprint density at radius 1 is 1.37 bits per heavy atom. The highest BCUT2D eigenvalue weighted by atomic mass is 16.2. The number of hydrogen-bond donors (Lipinski definition) is 0. The van der Waals surface area contributed by atoms with Crippen molar-refractivity contribution in [3.8, 4) is 0 Å². The molecule has 100 valence electrons. The van der Waals surface area contributed by atoms with Gasteiger partial charge in [-0.15, -0.1) is 5.10 Å². The molecule has 0 radical (unpaired) electrons. The summed E-state index contributed by atoms with van der Waals surface area (Å²) in [7, 11) is 5.47. The Balaban J connectivity index is 2.19. The van der Waals surface area contributed by atoms with E-state index in [1.807, 2.05) is 25.1 Å². The van der Waals surface area contributed by atoms with E-state index in [2.05, 4.69) is 20.5 Å². The van der Waals surface area contributed by atoms with Crippen molar-refractivity contribution in [2.75, 3.05) is 30.9 Å². The molecule has 0 saturated carbocycles. The molecule has 0 N–H and O–H groups in total. The van der Waals surface area contributed by atoms with Gasteiger partial charge in [0.15, 0.2) is 5.82 Å². The molecule has 2 aromatic heterocycles. The van der Waals surface area contributed by atoms with Crippen LogP contribution in [0.3, 0.4) is 0 Å². The maximum atomic E-state index is 12.1. The molecule has 0 saturated heterocycles. The number of tetrazole rings is 1. The van der Waals surface area contributed by atoms with Gasteiger partial charge in [0.1, 0.15) is 12.9 Å². The number of aromatic nitrogens is 5. The minimum atomic E-state index is -0.122. The van der Waals surface area contributed by atoms with Gasteiger partial charge in [0.2, 0.25) is 5.91 Å². The molecule has 1 amide bonds. The summed E-state index contributed by atoms with van der Waals surface area (Å²) in [6.45, 7) is 0.0886. The lowest BCUT2D eigenvalue weighted by atomic mass is 10.3. The predicted octanol–water partition coefficient (Wildman–Crippen LogP) is -0.203. The standard InChI is InChI=1S/C11H15N7O/c1-16(2)11-9(5-4-6-12-11)17(3)10(19)7-18-8-13-14-15-18/h4-6,8H,7H2,1-3H3. The molecule has 8 heteroatoms. The molecule has 0 fully saturated rings. The van der Waals surface area contributed by atoms with Gasteiger partial charge >= 0.3 is 0 Å². The number of nitrogens with zero attached hydrogens (tertiary/aromatic N) is 7. The molecule has 2 heterocycles. The topological polar surface area (TPSA) is 80.0 Å². The van der Waals surface area contributed by atoms with Gasteiger partial charge in [-0.3, -0.25) is 4.79 Å². The van der Waals surface area contributed by atoms with E-state index in [1.54, 1.807) is 24.2 Å². The lowest BCUT2D eigenvalue weighted by molar-refractivity contribution is -0.119. The number of carbonyl (C=O) groups excluding carboxylic acids is 1. The van der Waals surface area contributed by atoms with E-state index in [0.717, 1.165) is 11.5 Å². The molecular formula is C11H15N7O. The molecule has 0 bridgehead atoms. The highest BCUT2D eigenvalue weighted by Crippen LogP contribution is 2.24. The van der Waals surface area contributed by atoms with Crippen LogP contribution in [0, 0.1) is 0 Å². The number of pyridine rings is 1. The number of hydrogen-bond acceptors (Lipinski definition) is 6. The number of likely N-dealkylation sites (N-methyl/N-ethyl adjacent to an activating group) is 1. The highest BCUT2D eigenvalue weighted by molar-refractivity contribution is 5.95. The number of carbonyl (C=O) groups is 1. The minimum absolute atomic E-state index is 0.0886. The van der Waals surface area contributed by atoms with Gasteiger partial charge in [0.25, 0.3) is 0 Å². The average molecular weight is 261 g/mol. The zero-order valence-electron chi connectivity index (χ0n) is 11.1. The molecule has 2 rings (SSSR count). The Morgan fingerprint density at radius 3 is 2.79 bits per heavy atom. The summed E-state index contributed by atoms with van der Waals surface area (Å²) in [5.41, 5.74) is 0.741. The first-order chi connectivity index (χ1) is 9.09. The van der Waals surface area contributed by atoms with Gasteiger partial charge in [-0.05, 0) is 22.6 Å². The average Bonchev–Trinajstić information content (AvgIpc) is 2.90. The van der Waals surface area contributed by atoms with Crippen LogP contribution in [0.25, 0.3) is 0 Å². The summed E-state index contributed by atoms with van der Waals surface area (Å²) in [5.74, 6) is 0.610. The van der Waals surface area contributed by atoms with Crippen LogP contribution in [0.4, 0.5) is 11.5 Å². The van der Waals surface area contributed by atoms with Gasteiger partial charge in [-0.1, -0.05) is 0 Å². The summed E-state index contributed by atoms with van der Waals surface area (Å²) >= 11 is 0. The lowest BCUT2D eigenvalue weighted by Gasteiger charge is -2.22. The van der Waals surface area contributed by atoms with Crippen LogP contribution in [-0.4, -0.2) is 52.2 Å². The smallest absolute Gasteiger partial charge is 0.248 e. The van der Waals surface area contributed by atoms with Crippen molar-refractivity contribution in [3.63, 3.8) is 0 Å². The molecule has 0 atom stereocenters. The molecule has 8 nitrogen and oxygen atoms in total. The van der Waals surface area contributed by atoms with Crippen LogP contribution in [0.5, 0.6) is 0 Å². The predicted molar refractivity (Wildman–Crippen MR) is 69.8 cm³/mol. The van der Waals surface area contributed by atoms with E-state index < -0.39 is 0 Å². The second kappa shape index (κ2) is 5.42. The second-order valence-electron chi connectivity index (χ2n) is 4.20. The first-order valence-corrected chi connectivity index (χ1v) is 5.69. The fraction of sp³-hybridized carbons (Fsp3) is 0.364. The van der Waals surface area contributed by atoms with E-state index in [-0.39, 0.29) is 12.5 Å². The SMILES string of the molecule is CN(C)c1ncccc1N(C)C(=O)Cn1cnnn1. The fourth-order valence-corrected chi connectivity index (χ4v) is 1.63. The first kappa shape index (κ1) is 12.9. The molecule has 0 aromatic carbocycles. The number of rotatable bonds is 4. The monoisotopic (exact) mass is 261 g/mol. The Hall–Kier alpha value is -2.51. The van der Waals surface area contributed by atoms with Crippen molar-refractivity contribution in [3.05, 3.63) is 24.7 Å². The van der Waals surface area contributed by atoms with Crippen molar-refractivity contribution in [2.45, 2.75) is 6.54 Å². The van der Waals surface area contributed by atoms with Crippen molar-refractivity contribution < 1.29 is 4.79 Å². The zero-order chi connectivity index (χ0) is 13.8. The zero-order valence-corrected chi connectivity index (χ0v) is 11.1. The largest absolute Gasteiger partial charge is 0.361 e. The summed E-state index contributed by atoms with van der Waals surface area (Å²) in [6.07, 6.45) is 3.10. The van der Waals surface area contributed by atoms with Crippen LogP contribution in [0.15, 0.2) is 24.7 Å². The van der Waals surface area contributed by atoms with E-state index >= 15 is 0 Å². The molecule has 0 aliphatic rings. The van der Waals surface area contributed by atoms with Gasteiger partial charge in [0.05, 0.1) is 5.69 Å². The first-order valence-electron chi connectivity index (χ1n) is 5.69. The van der Waals surface area contributed by atoms with Crippen molar-refractivity contribution in [1.82, 2.24) is 25.2 Å². The van der Waals surface area contributed by atoms with Gasteiger partial charge < -0.3 is 9.80 Å². The fourth-order valence-electron chi connectivity index (χ4n) is 1.63. The van der Waals surface area contributed by atoms with Crippen LogP contribution < -0.4 is 9.80 Å². The third-order valence-electron chi connectivity index (χ3n) is 2.61. The van der Waals surface area contributed by atoms with Gasteiger partial charge in [0, 0.05) is 27.3 Å². The summed E-state index contributed by atoms with van der Waals surface area (Å²) < 4.78 is 1.38. The van der Waals surface area contributed by atoms with Crippen LogP contribution in [0.1, 0.15) is 0 Å². The third-order valence-corrected chi connectivity index (χ3v) is 2.61. The highest BCUT2D eigenvalue weighted by Gasteiger charge is 2.16. The molecule has 2 aromatic rings. The van der Waals surface area contributed by atoms with Crippen molar-refractivity contribution in [1.29, 1.82) is 0 Å². The van der Waals surface area contributed by atoms with E-state index in [4.69, 9.17) is 0 Å². The molecule has 0 unspecified atom stereocenters. The van der Waals surface area contributed by atoms with Crippen molar-refractivity contribution in [2.24, 2.45) is 0 Å². The summed E-state index contributed by atoms with van der Waals surface area (Å²) in [6, 6.07) is 3.64.